The molecule has 1 nitrogen and oxygen atoms in total. The van der Waals surface area contributed by atoms with Crippen LogP contribution < -0.4 is 5.32 Å². The van der Waals surface area contributed by atoms with E-state index in [1.165, 1.54) is 22.1 Å². The molecular weight excluding hydrogens is 202 g/mol. The Morgan fingerprint density at radius 3 is 2.73 bits per heavy atom. The number of nitrogens with one attached hydrogen (secondary N) is 1. The maximum absolute atomic E-state index is 3.50. The molecule has 0 saturated carbocycles. The zero-order valence-corrected chi connectivity index (χ0v) is 9.26. The Hall–Kier alpha value is -0.990. The number of rotatable bonds is 1. The first-order valence-corrected chi connectivity index (χ1v) is 6.32. The molecule has 1 aliphatic rings. The number of hydrogen-bond donors (Lipinski definition) is 1. The fourth-order valence-corrected chi connectivity index (χ4v) is 3.06. The Bertz CT molecular complexity index is 475. The van der Waals surface area contributed by atoms with Gasteiger partial charge in [-0.1, -0.05) is 36.4 Å². The minimum atomic E-state index is 0.495. The van der Waals surface area contributed by atoms with Gasteiger partial charge < -0.3 is 5.32 Å². The molecular formula is C13H13NS. The van der Waals surface area contributed by atoms with Crippen molar-refractivity contribution < 1.29 is 0 Å². The molecule has 0 radical (unpaired) electrons. The number of fused-ring (bicyclic) bond motifs is 1. The Balaban J connectivity index is 2.05. The van der Waals surface area contributed by atoms with Gasteiger partial charge in [-0.25, -0.2) is 0 Å². The summed E-state index contributed by atoms with van der Waals surface area (Å²) in [6, 6.07) is 15.3. The summed E-state index contributed by atoms with van der Waals surface area (Å²) in [5.74, 6) is 1.22. The molecule has 2 aromatic carbocycles. The highest BCUT2D eigenvalue weighted by atomic mass is 32.2. The molecule has 15 heavy (non-hydrogen) atoms. The van der Waals surface area contributed by atoms with Crippen LogP contribution in [0.5, 0.6) is 0 Å². The van der Waals surface area contributed by atoms with Crippen LogP contribution >= 0.6 is 11.8 Å². The standard InChI is InChI=1S/C13H13NS/c1-2-4-11-9-12(6-5-10(11)3-1)13-14-7-8-15-13/h1-6,9,13-14H,7-8H2/t13-/m1/s1. The van der Waals surface area contributed by atoms with E-state index < -0.39 is 0 Å². The van der Waals surface area contributed by atoms with Gasteiger partial charge in [0.15, 0.2) is 0 Å². The average molecular weight is 215 g/mol. The summed E-state index contributed by atoms with van der Waals surface area (Å²) in [5.41, 5.74) is 1.40. The summed E-state index contributed by atoms with van der Waals surface area (Å²) in [7, 11) is 0. The minimum absolute atomic E-state index is 0.495. The van der Waals surface area contributed by atoms with E-state index in [2.05, 4.69) is 47.8 Å². The van der Waals surface area contributed by atoms with Crippen molar-refractivity contribution in [1.82, 2.24) is 5.32 Å². The molecule has 0 amide bonds. The van der Waals surface area contributed by atoms with E-state index in [-0.39, 0.29) is 0 Å². The minimum Gasteiger partial charge on any atom is -0.301 e. The van der Waals surface area contributed by atoms with Crippen molar-refractivity contribution in [2.24, 2.45) is 0 Å². The summed E-state index contributed by atoms with van der Waals surface area (Å²) in [4.78, 5) is 0. The average Bonchev–Trinajstić information content (AvgIpc) is 2.82. The third-order valence-electron chi connectivity index (χ3n) is 2.79. The molecule has 1 aliphatic heterocycles. The van der Waals surface area contributed by atoms with Gasteiger partial charge in [-0.2, -0.15) is 0 Å². The lowest BCUT2D eigenvalue weighted by Crippen LogP contribution is -2.11. The summed E-state index contributed by atoms with van der Waals surface area (Å²) < 4.78 is 0. The smallest absolute Gasteiger partial charge is 0.0790 e. The van der Waals surface area contributed by atoms with Gasteiger partial charge in [0.1, 0.15) is 0 Å². The molecule has 2 aromatic rings. The van der Waals surface area contributed by atoms with E-state index in [9.17, 15) is 0 Å². The van der Waals surface area contributed by atoms with Crippen LogP contribution in [-0.2, 0) is 0 Å². The molecule has 0 bridgehead atoms. The van der Waals surface area contributed by atoms with Crippen molar-refractivity contribution in [2.75, 3.05) is 12.3 Å². The molecule has 0 unspecified atom stereocenters. The molecule has 1 atom stereocenters. The summed E-state index contributed by atoms with van der Waals surface area (Å²) >= 11 is 1.99. The molecule has 0 spiro atoms. The first kappa shape index (κ1) is 9.25. The second kappa shape index (κ2) is 3.87. The second-order valence-corrected chi connectivity index (χ2v) is 5.02. The van der Waals surface area contributed by atoms with Crippen LogP contribution in [0.25, 0.3) is 10.8 Å². The lowest BCUT2D eigenvalue weighted by Gasteiger charge is -2.10. The third-order valence-corrected chi connectivity index (χ3v) is 4.00. The van der Waals surface area contributed by atoms with Gasteiger partial charge in [-0.3, -0.25) is 0 Å². The number of hydrogen-bond acceptors (Lipinski definition) is 2. The first-order valence-electron chi connectivity index (χ1n) is 5.27. The van der Waals surface area contributed by atoms with Gasteiger partial charge >= 0.3 is 0 Å². The Morgan fingerprint density at radius 1 is 1.07 bits per heavy atom. The Morgan fingerprint density at radius 2 is 1.93 bits per heavy atom. The highest BCUT2D eigenvalue weighted by Crippen LogP contribution is 2.31. The van der Waals surface area contributed by atoms with Gasteiger partial charge in [-0.15, -0.1) is 11.8 Å². The molecule has 2 heteroatoms. The van der Waals surface area contributed by atoms with Gasteiger partial charge in [0.25, 0.3) is 0 Å². The van der Waals surface area contributed by atoms with Crippen LogP contribution in [0.2, 0.25) is 0 Å². The molecule has 3 rings (SSSR count). The van der Waals surface area contributed by atoms with Crippen LogP contribution in [0, 0.1) is 0 Å². The molecule has 76 valence electrons. The predicted molar refractivity (Wildman–Crippen MR) is 67.1 cm³/mol. The van der Waals surface area contributed by atoms with Crippen LogP contribution in [0.3, 0.4) is 0 Å². The molecule has 1 fully saturated rings. The van der Waals surface area contributed by atoms with E-state index in [0.29, 0.717) is 5.37 Å². The van der Waals surface area contributed by atoms with Gasteiger partial charge in [0, 0.05) is 12.3 Å². The fraction of sp³-hybridized carbons (Fsp3) is 0.231. The molecule has 0 aromatic heterocycles. The van der Waals surface area contributed by atoms with Gasteiger partial charge in [0.2, 0.25) is 0 Å². The number of benzene rings is 2. The molecule has 0 aliphatic carbocycles. The first-order chi connectivity index (χ1) is 7.43. The van der Waals surface area contributed by atoms with E-state index in [1.807, 2.05) is 11.8 Å². The lowest BCUT2D eigenvalue weighted by atomic mass is 10.1. The molecule has 1 heterocycles. The highest BCUT2D eigenvalue weighted by Gasteiger charge is 2.16. The fourth-order valence-electron chi connectivity index (χ4n) is 2.01. The Labute approximate surface area is 93.9 Å². The van der Waals surface area contributed by atoms with Crippen LogP contribution in [0.4, 0.5) is 0 Å². The quantitative estimate of drug-likeness (QED) is 0.784. The summed E-state index contributed by atoms with van der Waals surface area (Å²) in [6.07, 6.45) is 0. The van der Waals surface area contributed by atoms with Gasteiger partial charge in [0.05, 0.1) is 5.37 Å². The van der Waals surface area contributed by atoms with Crippen molar-refractivity contribution in [3.63, 3.8) is 0 Å². The van der Waals surface area contributed by atoms with Crippen molar-refractivity contribution >= 4 is 22.5 Å². The zero-order valence-electron chi connectivity index (χ0n) is 8.44. The summed E-state index contributed by atoms with van der Waals surface area (Å²) in [6.45, 7) is 1.13. The van der Waals surface area contributed by atoms with Crippen LogP contribution in [0.15, 0.2) is 42.5 Å². The molecule has 1 saturated heterocycles. The monoisotopic (exact) mass is 215 g/mol. The van der Waals surface area contributed by atoms with Gasteiger partial charge in [-0.05, 0) is 22.4 Å². The number of thioether (sulfide) groups is 1. The SMILES string of the molecule is c1ccc2cc([C@@H]3NCCS3)ccc2c1. The second-order valence-electron chi connectivity index (χ2n) is 3.81. The van der Waals surface area contributed by atoms with E-state index >= 15 is 0 Å². The van der Waals surface area contributed by atoms with Crippen molar-refractivity contribution in [2.45, 2.75) is 5.37 Å². The molecule has 1 N–H and O–H groups in total. The van der Waals surface area contributed by atoms with Crippen LogP contribution in [0.1, 0.15) is 10.9 Å². The normalized spacial score (nSPS) is 20.9. The van der Waals surface area contributed by atoms with Crippen molar-refractivity contribution in [3.8, 4) is 0 Å². The topological polar surface area (TPSA) is 12.0 Å². The van der Waals surface area contributed by atoms with Crippen molar-refractivity contribution in [3.05, 3.63) is 48.0 Å². The van der Waals surface area contributed by atoms with Crippen molar-refractivity contribution in [1.29, 1.82) is 0 Å². The van der Waals surface area contributed by atoms with E-state index in [1.54, 1.807) is 0 Å². The zero-order chi connectivity index (χ0) is 10.1. The Kier molecular flexibility index (Phi) is 2.39. The predicted octanol–water partition coefficient (Wildman–Crippen LogP) is 3.17. The summed E-state index contributed by atoms with van der Waals surface area (Å²) in [5, 5.41) is 6.66. The third kappa shape index (κ3) is 1.75. The highest BCUT2D eigenvalue weighted by molar-refractivity contribution is 7.99. The largest absolute Gasteiger partial charge is 0.301 e. The van der Waals surface area contributed by atoms with E-state index in [0.717, 1.165) is 6.54 Å². The lowest BCUT2D eigenvalue weighted by molar-refractivity contribution is 0.752. The maximum Gasteiger partial charge on any atom is 0.0790 e. The maximum atomic E-state index is 3.50. The van der Waals surface area contributed by atoms with Crippen LogP contribution in [-0.4, -0.2) is 12.3 Å². The van der Waals surface area contributed by atoms with E-state index in [4.69, 9.17) is 0 Å².